The van der Waals surface area contributed by atoms with Gasteiger partial charge in [0, 0.05) is 4.47 Å². The number of aromatic nitrogens is 2. The van der Waals surface area contributed by atoms with Crippen LogP contribution in [0, 0.1) is 0 Å². The van der Waals surface area contributed by atoms with E-state index in [1.807, 2.05) is 71.4 Å². The fraction of sp³-hybridized carbons (Fsp3) is 0.0500. The van der Waals surface area contributed by atoms with Crippen molar-refractivity contribution in [2.24, 2.45) is 0 Å². The van der Waals surface area contributed by atoms with Gasteiger partial charge in [0.2, 0.25) is 0 Å². The molecule has 0 saturated heterocycles. The molecule has 4 rings (SSSR count). The van der Waals surface area contributed by atoms with Gasteiger partial charge in [0.25, 0.3) is 5.56 Å². The van der Waals surface area contributed by atoms with Crippen molar-refractivity contribution in [2.45, 2.75) is 6.54 Å². The Bertz CT molecular complexity index is 1050. The third-order valence-corrected chi connectivity index (χ3v) is 4.62. The summed E-state index contributed by atoms with van der Waals surface area (Å²) in [4.78, 5) is 12.9. The zero-order valence-corrected chi connectivity index (χ0v) is 14.5. The molecule has 3 nitrogen and oxygen atoms in total. The molecule has 0 spiro atoms. The average molecular weight is 379 g/mol. The van der Waals surface area contributed by atoms with E-state index in [4.69, 9.17) is 0 Å². The van der Waals surface area contributed by atoms with Crippen LogP contribution in [0.5, 0.6) is 0 Å². The summed E-state index contributed by atoms with van der Waals surface area (Å²) in [5.74, 6) is 0. The molecule has 1 aromatic heterocycles. The zero-order valence-electron chi connectivity index (χ0n) is 12.9. The first kappa shape index (κ1) is 15.0. The van der Waals surface area contributed by atoms with Crippen molar-refractivity contribution in [1.82, 2.24) is 9.36 Å². The minimum atomic E-state index is 0.00825. The molecule has 0 bridgehead atoms. The third kappa shape index (κ3) is 2.59. The van der Waals surface area contributed by atoms with Crippen LogP contribution in [0.3, 0.4) is 0 Å². The summed E-state index contributed by atoms with van der Waals surface area (Å²) in [6, 6.07) is 25.7. The van der Waals surface area contributed by atoms with E-state index in [2.05, 4.69) is 28.1 Å². The second-order valence-corrected chi connectivity index (χ2v) is 6.57. The van der Waals surface area contributed by atoms with Crippen molar-refractivity contribution >= 4 is 26.8 Å². The van der Waals surface area contributed by atoms with E-state index in [1.54, 1.807) is 4.68 Å². The third-order valence-electron chi connectivity index (χ3n) is 4.09. The van der Waals surface area contributed by atoms with Gasteiger partial charge in [-0.1, -0.05) is 58.4 Å². The molecule has 0 atom stereocenters. The fourth-order valence-corrected chi connectivity index (χ4v) is 3.22. The molecule has 4 heteroatoms. The Morgan fingerprint density at radius 1 is 0.792 bits per heavy atom. The van der Waals surface area contributed by atoms with Crippen LogP contribution in [-0.2, 0) is 6.54 Å². The van der Waals surface area contributed by atoms with Crippen molar-refractivity contribution in [3.8, 4) is 5.69 Å². The highest BCUT2D eigenvalue weighted by atomic mass is 79.9. The maximum absolute atomic E-state index is 12.9. The standard InChI is InChI=1S/C20H15BrN2O/c21-16-12-10-15(11-13-16)14-22-19-9-5-4-8-18(19)20(24)23(22)17-6-2-1-3-7-17/h1-13H,14H2. The van der Waals surface area contributed by atoms with E-state index in [0.29, 0.717) is 6.54 Å². The molecule has 0 N–H and O–H groups in total. The molecule has 118 valence electrons. The first-order valence-corrected chi connectivity index (χ1v) is 8.54. The van der Waals surface area contributed by atoms with Crippen molar-refractivity contribution in [2.75, 3.05) is 0 Å². The minimum absolute atomic E-state index is 0.00825. The predicted octanol–water partition coefficient (Wildman–Crippen LogP) is 4.60. The molecule has 0 aliphatic carbocycles. The SMILES string of the molecule is O=c1c2ccccc2n(Cc2ccc(Br)cc2)n1-c1ccccc1. The first-order valence-electron chi connectivity index (χ1n) is 7.74. The van der Waals surface area contributed by atoms with Crippen LogP contribution in [0.2, 0.25) is 0 Å². The molecule has 0 unspecified atom stereocenters. The molecule has 0 saturated carbocycles. The molecule has 0 amide bonds. The number of rotatable bonds is 3. The minimum Gasteiger partial charge on any atom is -0.273 e. The number of halogens is 1. The van der Waals surface area contributed by atoms with E-state index in [9.17, 15) is 4.79 Å². The second kappa shape index (κ2) is 6.13. The molecule has 1 heterocycles. The monoisotopic (exact) mass is 378 g/mol. The zero-order chi connectivity index (χ0) is 16.5. The van der Waals surface area contributed by atoms with Crippen LogP contribution in [0.25, 0.3) is 16.6 Å². The maximum atomic E-state index is 12.9. The van der Waals surface area contributed by atoms with E-state index < -0.39 is 0 Å². The maximum Gasteiger partial charge on any atom is 0.279 e. The van der Waals surface area contributed by atoms with Crippen LogP contribution in [-0.4, -0.2) is 9.36 Å². The number of nitrogens with zero attached hydrogens (tertiary/aromatic N) is 2. The number of para-hydroxylation sites is 2. The lowest BCUT2D eigenvalue weighted by Crippen LogP contribution is -2.21. The van der Waals surface area contributed by atoms with E-state index in [1.165, 1.54) is 0 Å². The van der Waals surface area contributed by atoms with Crippen LogP contribution >= 0.6 is 15.9 Å². The van der Waals surface area contributed by atoms with Crippen LogP contribution < -0.4 is 5.56 Å². The Labute approximate surface area is 147 Å². The molecular weight excluding hydrogens is 364 g/mol. The van der Waals surface area contributed by atoms with Gasteiger partial charge in [-0.3, -0.25) is 9.48 Å². The van der Waals surface area contributed by atoms with Crippen molar-refractivity contribution in [3.05, 3.63) is 99.3 Å². The highest BCUT2D eigenvalue weighted by Gasteiger charge is 2.14. The van der Waals surface area contributed by atoms with Gasteiger partial charge in [-0.15, -0.1) is 0 Å². The lowest BCUT2D eigenvalue weighted by molar-refractivity contribution is 0.612. The normalized spacial score (nSPS) is 11.0. The average Bonchev–Trinajstić information content (AvgIpc) is 2.90. The van der Waals surface area contributed by atoms with Gasteiger partial charge in [0.05, 0.1) is 23.1 Å². The lowest BCUT2D eigenvalue weighted by Gasteiger charge is -2.13. The summed E-state index contributed by atoms with van der Waals surface area (Å²) in [5, 5.41) is 0.735. The Balaban J connectivity index is 1.95. The first-order chi connectivity index (χ1) is 11.7. The molecule has 0 aliphatic heterocycles. The van der Waals surface area contributed by atoms with Crippen molar-refractivity contribution < 1.29 is 0 Å². The summed E-state index contributed by atoms with van der Waals surface area (Å²) in [6.07, 6.45) is 0. The molecule has 0 fully saturated rings. The van der Waals surface area contributed by atoms with Crippen molar-refractivity contribution in [1.29, 1.82) is 0 Å². The van der Waals surface area contributed by atoms with Crippen LogP contribution in [0.1, 0.15) is 5.56 Å². The number of hydrogen-bond acceptors (Lipinski definition) is 1. The largest absolute Gasteiger partial charge is 0.279 e. The highest BCUT2D eigenvalue weighted by molar-refractivity contribution is 9.10. The van der Waals surface area contributed by atoms with Crippen LogP contribution in [0.4, 0.5) is 0 Å². The highest BCUT2D eigenvalue weighted by Crippen LogP contribution is 2.18. The predicted molar refractivity (Wildman–Crippen MR) is 101 cm³/mol. The Morgan fingerprint density at radius 3 is 2.21 bits per heavy atom. The molecule has 4 aromatic rings. The van der Waals surface area contributed by atoms with Crippen LogP contribution in [0.15, 0.2) is 88.1 Å². The summed E-state index contributed by atoms with van der Waals surface area (Å²) < 4.78 is 4.84. The summed E-state index contributed by atoms with van der Waals surface area (Å²) in [5.41, 5.74) is 2.96. The number of benzene rings is 3. The summed E-state index contributed by atoms with van der Waals surface area (Å²) in [7, 11) is 0. The fourth-order valence-electron chi connectivity index (χ4n) is 2.96. The quantitative estimate of drug-likeness (QED) is 0.511. The van der Waals surface area contributed by atoms with E-state index in [-0.39, 0.29) is 5.56 Å². The van der Waals surface area contributed by atoms with Gasteiger partial charge in [0.15, 0.2) is 0 Å². The molecule has 24 heavy (non-hydrogen) atoms. The smallest absolute Gasteiger partial charge is 0.273 e. The molecule has 0 aliphatic rings. The molecule has 0 radical (unpaired) electrons. The Kier molecular flexibility index (Phi) is 3.82. The van der Waals surface area contributed by atoms with Gasteiger partial charge in [-0.05, 0) is 42.0 Å². The summed E-state index contributed by atoms with van der Waals surface area (Å²) in [6.45, 7) is 0.630. The van der Waals surface area contributed by atoms with Gasteiger partial charge in [0.1, 0.15) is 0 Å². The summed E-state index contributed by atoms with van der Waals surface area (Å²) >= 11 is 3.46. The van der Waals surface area contributed by atoms with Gasteiger partial charge >= 0.3 is 0 Å². The van der Waals surface area contributed by atoms with Crippen molar-refractivity contribution in [3.63, 3.8) is 0 Å². The van der Waals surface area contributed by atoms with E-state index >= 15 is 0 Å². The Hall–Kier alpha value is -2.59. The lowest BCUT2D eigenvalue weighted by atomic mass is 10.2. The number of fused-ring (bicyclic) bond motifs is 1. The Morgan fingerprint density at radius 2 is 1.46 bits per heavy atom. The second-order valence-electron chi connectivity index (χ2n) is 5.65. The van der Waals surface area contributed by atoms with E-state index in [0.717, 1.165) is 26.6 Å². The van der Waals surface area contributed by atoms with Gasteiger partial charge in [-0.25, -0.2) is 4.68 Å². The van der Waals surface area contributed by atoms with Gasteiger partial charge < -0.3 is 0 Å². The topological polar surface area (TPSA) is 26.9 Å². The van der Waals surface area contributed by atoms with Gasteiger partial charge in [-0.2, -0.15) is 0 Å². The molecular formula is C20H15BrN2O. The number of hydrogen-bond donors (Lipinski definition) is 0. The molecule has 3 aromatic carbocycles.